The summed E-state index contributed by atoms with van der Waals surface area (Å²) in [6.07, 6.45) is 0.529. The van der Waals surface area contributed by atoms with Crippen LogP contribution in [0.25, 0.3) is 0 Å². The average molecular weight is 300 g/mol. The largest absolute Gasteiger partial charge is 0.481 e. The zero-order valence-corrected chi connectivity index (χ0v) is 14.8. The summed E-state index contributed by atoms with van der Waals surface area (Å²) in [5.41, 5.74) is -0.109. The fourth-order valence-electron chi connectivity index (χ4n) is 2.08. The van der Waals surface area contributed by atoms with Crippen molar-refractivity contribution in [1.82, 2.24) is 10.2 Å². The van der Waals surface area contributed by atoms with Crippen LogP contribution >= 0.6 is 0 Å². The van der Waals surface area contributed by atoms with Crippen LogP contribution in [0.5, 0.6) is 0 Å². The van der Waals surface area contributed by atoms with Crippen molar-refractivity contribution in [2.24, 2.45) is 16.7 Å². The molecule has 2 N–H and O–H groups in total. The van der Waals surface area contributed by atoms with Crippen molar-refractivity contribution in [3.05, 3.63) is 0 Å². The van der Waals surface area contributed by atoms with E-state index in [1.807, 2.05) is 27.7 Å². The molecular weight excluding hydrogens is 268 g/mol. The minimum absolute atomic E-state index is 0.0241. The number of carboxylic acid groups (broad SMARTS) is 1. The molecule has 0 aromatic carbocycles. The van der Waals surface area contributed by atoms with E-state index in [1.165, 1.54) is 0 Å². The van der Waals surface area contributed by atoms with Crippen LogP contribution in [0.15, 0.2) is 0 Å². The van der Waals surface area contributed by atoms with Crippen molar-refractivity contribution in [3.63, 3.8) is 0 Å². The second kappa shape index (κ2) is 7.14. The van der Waals surface area contributed by atoms with Gasteiger partial charge in [-0.2, -0.15) is 0 Å². The Bertz CT molecular complexity index is 367. The lowest BCUT2D eigenvalue weighted by Crippen LogP contribution is -2.49. The normalized spacial score (nSPS) is 15.2. The van der Waals surface area contributed by atoms with E-state index in [1.54, 1.807) is 11.9 Å². The lowest BCUT2D eigenvalue weighted by atomic mass is 9.84. The first-order valence-corrected chi connectivity index (χ1v) is 7.49. The third kappa shape index (κ3) is 7.34. The molecule has 0 aromatic heterocycles. The molecule has 2 atom stereocenters. The summed E-state index contributed by atoms with van der Waals surface area (Å²) in [6, 6.07) is -0.166. The van der Waals surface area contributed by atoms with Gasteiger partial charge in [0, 0.05) is 19.6 Å². The molecule has 0 aliphatic rings. The van der Waals surface area contributed by atoms with Crippen LogP contribution in [0.1, 0.15) is 54.9 Å². The Hall–Kier alpha value is -1.26. The summed E-state index contributed by atoms with van der Waals surface area (Å²) in [4.78, 5) is 25.1. The Morgan fingerprint density at radius 1 is 1.14 bits per heavy atom. The van der Waals surface area contributed by atoms with Crippen molar-refractivity contribution in [1.29, 1.82) is 0 Å². The molecule has 0 heterocycles. The molecule has 21 heavy (non-hydrogen) atoms. The lowest BCUT2D eigenvalue weighted by molar-refractivity contribution is -0.142. The number of rotatable bonds is 5. The first-order chi connectivity index (χ1) is 9.25. The molecule has 0 aliphatic heterocycles. The fourth-order valence-corrected chi connectivity index (χ4v) is 2.08. The third-order valence-electron chi connectivity index (χ3n) is 3.86. The minimum Gasteiger partial charge on any atom is -0.481 e. The standard InChI is InChI=1S/C16H32N2O3/c1-11(16(5,6)7)18(8)14(21)17-10-12(13(19)20)9-15(2,3)4/h11-12H,9-10H2,1-8H3,(H,17,21)(H,19,20). The highest BCUT2D eigenvalue weighted by Crippen LogP contribution is 2.25. The summed E-state index contributed by atoms with van der Waals surface area (Å²) in [5.74, 6) is -1.43. The molecule has 0 saturated heterocycles. The Morgan fingerprint density at radius 2 is 1.62 bits per heavy atom. The van der Waals surface area contributed by atoms with Gasteiger partial charge in [-0.15, -0.1) is 0 Å². The van der Waals surface area contributed by atoms with Crippen LogP contribution in [0.2, 0.25) is 0 Å². The van der Waals surface area contributed by atoms with Crippen molar-refractivity contribution < 1.29 is 14.7 Å². The first-order valence-electron chi connectivity index (χ1n) is 7.49. The second-order valence-corrected chi connectivity index (χ2v) is 8.14. The number of nitrogens with zero attached hydrogens (tertiary/aromatic N) is 1. The van der Waals surface area contributed by atoms with Crippen LogP contribution in [0.4, 0.5) is 4.79 Å². The van der Waals surface area contributed by atoms with Crippen LogP contribution in [-0.4, -0.2) is 41.6 Å². The second-order valence-electron chi connectivity index (χ2n) is 8.14. The predicted octanol–water partition coefficient (Wildman–Crippen LogP) is 3.20. The maximum atomic E-state index is 12.1. The zero-order valence-electron chi connectivity index (χ0n) is 14.8. The average Bonchev–Trinajstić information content (AvgIpc) is 2.29. The SMILES string of the molecule is CC(N(C)C(=O)NCC(CC(C)(C)C)C(=O)O)C(C)(C)C. The predicted molar refractivity (Wildman–Crippen MR) is 85.3 cm³/mol. The minimum atomic E-state index is -0.864. The van der Waals surface area contributed by atoms with E-state index in [9.17, 15) is 14.7 Å². The number of carbonyl (C=O) groups excluding carboxylic acids is 1. The molecule has 0 fully saturated rings. The number of hydrogen-bond acceptors (Lipinski definition) is 2. The molecule has 5 heteroatoms. The highest BCUT2D eigenvalue weighted by molar-refractivity contribution is 5.76. The van der Waals surface area contributed by atoms with Gasteiger partial charge in [-0.1, -0.05) is 41.5 Å². The van der Waals surface area contributed by atoms with Crippen LogP contribution < -0.4 is 5.32 Å². The molecule has 0 aliphatic carbocycles. The van der Waals surface area contributed by atoms with E-state index in [4.69, 9.17) is 0 Å². The highest BCUT2D eigenvalue weighted by atomic mass is 16.4. The van der Waals surface area contributed by atoms with Gasteiger partial charge in [0.25, 0.3) is 0 Å². The van der Waals surface area contributed by atoms with Crippen LogP contribution in [0.3, 0.4) is 0 Å². The maximum absolute atomic E-state index is 12.1. The monoisotopic (exact) mass is 300 g/mol. The molecule has 0 spiro atoms. The van der Waals surface area contributed by atoms with Gasteiger partial charge < -0.3 is 15.3 Å². The molecular formula is C16H32N2O3. The van der Waals surface area contributed by atoms with E-state index >= 15 is 0 Å². The van der Waals surface area contributed by atoms with E-state index in [2.05, 4.69) is 26.1 Å². The number of carbonyl (C=O) groups is 2. The summed E-state index contributed by atoms with van der Waals surface area (Å²) in [6.45, 7) is 14.4. The van der Waals surface area contributed by atoms with Crippen molar-refractivity contribution in [3.8, 4) is 0 Å². The number of amides is 2. The Kier molecular flexibility index (Phi) is 6.71. The smallest absolute Gasteiger partial charge is 0.317 e. The topological polar surface area (TPSA) is 69.6 Å². The maximum Gasteiger partial charge on any atom is 0.317 e. The van der Waals surface area contributed by atoms with Crippen LogP contribution in [-0.2, 0) is 4.79 Å². The van der Waals surface area contributed by atoms with E-state index in [0.717, 1.165) is 0 Å². The zero-order chi connectivity index (χ0) is 17.0. The van der Waals surface area contributed by atoms with Crippen LogP contribution in [0, 0.1) is 16.7 Å². The Morgan fingerprint density at radius 3 is 1.95 bits per heavy atom. The lowest BCUT2D eigenvalue weighted by Gasteiger charge is -2.35. The van der Waals surface area contributed by atoms with E-state index < -0.39 is 11.9 Å². The summed E-state index contributed by atoms with van der Waals surface area (Å²) in [5, 5.41) is 12.0. The quantitative estimate of drug-likeness (QED) is 0.819. The summed E-state index contributed by atoms with van der Waals surface area (Å²) >= 11 is 0. The number of hydrogen-bond donors (Lipinski definition) is 2. The van der Waals surface area contributed by atoms with Gasteiger partial charge in [0.15, 0.2) is 0 Å². The molecule has 2 amide bonds. The van der Waals surface area contributed by atoms with Gasteiger partial charge in [-0.05, 0) is 24.2 Å². The molecule has 0 bridgehead atoms. The number of aliphatic carboxylic acids is 1. The third-order valence-corrected chi connectivity index (χ3v) is 3.86. The van der Waals surface area contributed by atoms with Gasteiger partial charge in [-0.25, -0.2) is 4.79 Å². The molecule has 0 radical (unpaired) electrons. The van der Waals surface area contributed by atoms with Crippen molar-refractivity contribution in [2.45, 2.75) is 60.9 Å². The number of urea groups is 1. The molecule has 0 aromatic rings. The Balaban J connectivity index is 4.61. The van der Waals surface area contributed by atoms with Gasteiger partial charge in [0.1, 0.15) is 0 Å². The van der Waals surface area contributed by atoms with E-state index in [0.29, 0.717) is 6.42 Å². The first kappa shape index (κ1) is 19.7. The molecule has 2 unspecified atom stereocenters. The van der Waals surface area contributed by atoms with Crippen molar-refractivity contribution >= 4 is 12.0 Å². The number of nitrogens with one attached hydrogen (secondary N) is 1. The number of carboxylic acids is 1. The fraction of sp³-hybridized carbons (Fsp3) is 0.875. The molecule has 0 rings (SSSR count). The van der Waals surface area contributed by atoms with Crippen molar-refractivity contribution in [2.75, 3.05) is 13.6 Å². The molecule has 124 valence electrons. The van der Waals surface area contributed by atoms with Gasteiger partial charge in [-0.3, -0.25) is 4.79 Å². The Labute approximate surface area is 129 Å². The van der Waals surface area contributed by atoms with E-state index in [-0.39, 0.29) is 29.4 Å². The highest BCUT2D eigenvalue weighted by Gasteiger charge is 2.29. The molecule has 5 nitrogen and oxygen atoms in total. The van der Waals surface area contributed by atoms with Gasteiger partial charge in [0.05, 0.1) is 5.92 Å². The molecule has 0 saturated carbocycles. The van der Waals surface area contributed by atoms with Gasteiger partial charge in [0.2, 0.25) is 0 Å². The van der Waals surface area contributed by atoms with Gasteiger partial charge >= 0.3 is 12.0 Å². The summed E-state index contributed by atoms with van der Waals surface area (Å²) in [7, 11) is 1.74. The summed E-state index contributed by atoms with van der Waals surface area (Å²) < 4.78 is 0.